The number of nitrogens with zero attached hydrogens (tertiary/aromatic N) is 2. The first-order valence-electron chi connectivity index (χ1n) is 5.66. The lowest BCUT2D eigenvalue weighted by Gasteiger charge is -2.19. The minimum Gasteiger partial charge on any atom is -0.395 e. The summed E-state index contributed by atoms with van der Waals surface area (Å²) in [5.74, 6) is 0. The molecule has 0 radical (unpaired) electrons. The van der Waals surface area contributed by atoms with Gasteiger partial charge in [0.2, 0.25) is 0 Å². The van der Waals surface area contributed by atoms with Gasteiger partial charge in [-0.05, 0) is 24.7 Å². The fourth-order valence-electron chi connectivity index (χ4n) is 1.92. The highest BCUT2D eigenvalue weighted by molar-refractivity contribution is 5.74. The Labute approximate surface area is 100 Å². The number of likely N-dealkylation sites (N-methyl/N-ethyl adjacent to an activating group) is 1. The molecule has 0 aliphatic carbocycles. The first-order valence-corrected chi connectivity index (χ1v) is 5.66. The summed E-state index contributed by atoms with van der Waals surface area (Å²) in [6, 6.07) is 5.96. The van der Waals surface area contributed by atoms with Crippen molar-refractivity contribution in [3.05, 3.63) is 30.1 Å². The molecule has 1 atom stereocenters. The van der Waals surface area contributed by atoms with Gasteiger partial charge in [0.15, 0.2) is 0 Å². The maximum atomic E-state index is 8.90. The number of H-pyrrole nitrogens is 1. The van der Waals surface area contributed by atoms with E-state index in [9.17, 15) is 0 Å². The molecule has 17 heavy (non-hydrogen) atoms. The van der Waals surface area contributed by atoms with E-state index in [1.165, 1.54) is 5.56 Å². The Hall–Kier alpha value is -1.43. The minimum absolute atomic E-state index is 0.0178. The molecule has 2 aromatic rings. The molecule has 0 spiro atoms. The summed E-state index contributed by atoms with van der Waals surface area (Å²) in [6.07, 6.45) is 1.69. The molecule has 0 amide bonds. The Balaban J connectivity index is 2.02. The second kappa shape index (κ2) is 5.27. The highest BCUT2D eigenvalue weighted by Crippen LogP contribution is 2.12. The van der Waals surface area contributed by atoms with Gasteiger partial charge in [0.05, 0.1) is 24.0 Å². The molecule has 0 bridgehead atoms. The molecule has 0 aliphatic rings. The number of rotatable bonds is 5. The lowest BCUT2D eigenvalue weighted by atomic mass is 10.2. The fourth-order valence-corrected chi connectivity index (χ4v) is 1.92. The van der Waals surface area contributed by atoms with Gasteiger partial charge in [-0.15, -0.1) is 0 Å². The molecule has 1 heterocycles. The Bertz CT molecular complexity index is 482. The molecule has 92 valence electrons. The van der Waals surface area contributed by atoms with Crippen LogP contribution in [0.5, 0.6) is 0 Å². The molecule has 0 saturated carbocycles. The number of imidazole rings is 1. The molecule has 5 nitrogen and oxygen atoms in total. The number of aliphatic hydroxyl groups excluding tert-OH is 1. The van der Waals surface area contributed by atoms with E-state index in [0.29, 0.717) is 6.54 Å². The van der Waals surface area contributed by atoms with E-state index < -0.39 is 0 Å². The third-order valence-electron chi connectivity index (χ3n) is 2.72. The molecule has 5 heteroatoms. The van der Waals surface area contributed by atoms with Gasteiger partial charge in [-0.3, -0.25) is 0 Å². The van der Waals surface area contributed by atoms with Crippen LogP contribution in [-0.2, 0) is 6.54 Å². The average molecular weight is 234 g/mol. The van der Waals surface area contributed by atoms with Crippen molar-refractivity contribution in [2.24, 2.45) is 5.73 Å². The molecule has 1 aromatic carbocycles. The van der Waals surface area contributed by atoms with Crippen molar-refractivity contribution in [1.29, 1.82) is 0 Å². The van der Waals surface area contributed by atoms with Crippen LogP contribution in [0.1, 0.15) is 5.56 Å². The Morgan fingerprint density at radius 2 is 2.35 bits per heavy atom. The van der Waals surface area contributed by atoms with Crippen molar-refractivity contribution >= 4 is 11.0 Å². The van der Waals surface area contributed by atoms with E-state index in [2.05, 4.69) is 27.0 Å². The van der Waals surface area contributed by atoms with Gasteiger partial charge in [0.1, 0.15) is 0 Å². The minimum atomic E-state index is -0.184. The SMILES string of the molecule is CN(Cc1ccc2nc[nH]c2c1)CC(N)CO. The average Bonchev–Trinajstić information content (AvgIpc) is 2.75. The highest BCUT2D eigenvalue weighted by atomic mass is 16.3. The van der Waals surface area contributed by atoms with Crippen LogP contribution < -0.4 is 5.73 Å². The van der Waals surface area contributed by atoms with E-state index in [0.717, 1.165) is 17.6 Å². The van der Waals surface area contributed by atoms with Gasteiger partial charge in [-0.25, -0.2) is 4.98 Å². The van der Waals surface area contributed by atoms with Crippen LogP contribution in [0.2, 0.25) is 0 Å². The number of hydrogen-bond acceptors (Lipinski definition) is 4. The third kappa shape index (κ3) is 3.03. The zero-order chi connectivity index (χ0) is 12.3. The molecule has 0 saturated heterocycles. The quantitative estimate of drug-likeness (QED) is 0.696. The molecule has 0 aliphatic heterocycles. The summed E-state index contributed by atoms with van der Waals surface area (Å²) < 4.78 is 0. The molecular weight excluding hydrogens is 216 g/mol. The number of hydrogen-bond donors (Lipinski definition) is 3. The molecule has 2 rings (SSSR count). The number of fused-ring (bicyclic) bond motifs is 1. The predicted molar refractivity (Wildman–Crippen MR) is 67.5 cm³/mol. The van der Waals surface area contributed by atoms with E-state index in [-0.39, 0.29) is 12.6 Å². The molecule has 4 N–H and O–H groups in total. The van der Waals surface area contributed by atoms with E-state index in [1.54, 1.807) is 6.33 Å². The van der Waals surface area contributed by atoms with Crippen LogP contribution in [0.4, 0.5) is 0 Å². The molecule has 0 fully saturated rings. The lowest BCUT2D eigenvalue weighted by Crippen LogP contribution is -2.37. The van der Waals surface area contributed by atoms with Crippen molar-refractivity contribution in [1.82, 2.24) is 14.9 Å². The van der Waals surface area contributed by atoms with Gasteiger partial charge in [-0.2, -0.15) is 0 Å². The predicted octanol–water partition coefficient (Wildman–Crippen LogP) is 0.314. The van der Waals surface area contributed by atoms with Crippen LogP contribution in [-0.4, -0.2) is 46.2 Å². The Kier molecular flexibility index (Phi) is 3.73. The van der Waals surface area contributed by atoms with Gasteiger partial charge < -0.3 is 20.7 Å². The Morgan fingerprint density at radius 3 is 3.12 bits per heavy atom. The van der Waals surface area contributed by atoms with Crippen molar-refractivity contribution in [2.45, 2.75) is 12.6 Å². The van der Waals surface area contributed by atoms with Crippen molar-refractivity contribution in [3.8, 4) is 0 Å². The monoisotopic (exact) mass is 234 g/mol. The van der Waals surface area contributed by atoms with E-state index in [1.807, 2.05) is 13.1 Å². The normalized spacial score (nSPS) is 13.4. The summed E-state index contributed by atoms with van der Waals surface area (Å²) in [6.45, 7) is 1.50. The number of benzene rings is 1. The number of nitrogens with two attached hydrogens (primary N) is 1. The smallest absolute Gasteiger partial charge is 0.0931 e. The van der Waals surface area contributed by atoms with Crippen molar-refractivity contribution in [2.75, 3.05) is 20.2 Å². The van der Waals surface area contributed by atoms with Crippen LogP contribution in [0.25, 0.3) is 11.0 Å². The summed E-state index contributed by atoms with van der Waals surface area (Å²) in [4.78, 5) is 9.36. The van der Waals surface area contributed by atoms with Gasteiger partial charge in [0.25, 0.3) is 0 Å². The van der Waals surface area contributed by atoms with Gasteiger partial charge in [0, 0.05) is 19.1 Å². The Morgan fingerprint density at radius 1 is 1.53 bits per heavy atom. The zero-order valence-corrected chi connectivity index (χ0v) is 9.93. The highest BCUT2D eigenvalue weighted by Gasteiger charge is 2.06. The summed E-state index contributed by atoms with van der Waals surface area (Å²) >= 11 is 0. The third-order valence-corrected chi connectivity index (χ3v) is 2.72. The molecular formula is C12H18N4O. The molecule has 1 unspecified atom stereocenters. The maximum absolute atomic E-state index is 8.90. The maximum Gasteiger partial charge on any atom is 0.0931 e. The van der Waals surface area contributed by atoms with Gasteiger partial charge in [-0.1, -0.05) is 6.07 Å². The first-order chi connectivity index (χ1) is 8.19. The molecule has 1 aromatic heterocycles. The second-order valence-corrected chi connectivity index (χ2v) is 4.39. The standard InChI is InChI=1S/C12H18N4O/c1-16(6-10(13)7-17)5-9-2-3-11-12(4-9)15-8-14-11/h2-4,8,10,17H,5-7,13H2,1H3,(H,14,15). The summed E-state index contributed by atoms with van der Waals surface area (Å²) in [5.41, 5.74) is 8.92. The van der Waals surface area contributed by atoms with Crippen LogP contribution in [0, 0.1) is 0 Å². The summed E-state index contributed by atoms with van der Waals surface area (Å²) in [7, 11) is 1.99. The lowest BCUT2D eigenvalue weighted by molar-refractivity contribution is 0.218. The number of aromatic amines is 1. The summed E-state index contributed by atoms with van der Waals surface area (Å²) in [5, 5.41) is 8.90. The van der Waals surface area contributed by atoms with Crippen molar-refractivity contribution < 1.29 is 5.11 Å². The van der Waals surface area contributed by atoms with Crippen molar-refractivity contribution in [3.63, 3.8) is 0 Å². The van der Waals surface area contributed by atoms with Crippen LogP contribution >= 0.6 is 0 Å². The first kappa shape index (κ1) is 12.0. The van der Waals surface area contributed by atoms with Crippen LogP contribution in [0.3, 0.4) is 0 Å². The number of aliphatic hydroxyl groups is 1. The number of nitrogens with one attached hydrogen (secondary N) is 1. The zero-order valence-electron chi connectivity index (χ0n) is 9.93. The second-order valence-electron chi connectivity index (χ2n) is 4.39. The van der Waals surface area contributed by atoms with E-state index >= 15 is 0 Å². The topological polar surface area (TPSA) is 78.2 Å². The van der Waals surface area contributed by atoms with Gasteiger partial charge >= 0.3 is 0 Å². The van der Waals surface area contributed by atoms with E-state index in [4.69, 9.17) is 10.8 Å². The van der Waals surface area contributed by atoms with Crippen LogP contribution in [0.15, 0.2) is 24.5 Å². The number of aromatic nitrogens is 2. The fraction of sp³-hybridized carbons (Fsp3) is 0.417. The largest absolute Gasteiger partial charge is 0.395 e.